The molecule has 1 aliphatic heterocycles. The van der Waals surface area contributed by atoms with E-state index in [1.54, 1.807) is 17.0 Å². The molecule has 1 atom stereocenters. The van der Waals surface area contributed by atoms with Crippen LogP contribution < -0.4 is 4.74 Å². The van der Waals surface area contributed by atoms with Crippen LogP contribution in [0, 0.1) is 17.7 Å². The molecule has 2 aliphatic carbocycles. The molecule has 0 N–H and O–H groups in total. The van der Waals surface area contributed by atoms with Crippen molar-refractivity contribution in [3.8, 4) is 5.88 Å². The topological polar surface area (TPSA) is 85.8 Å². The van der Waals surface area contributed by atoms with E-state index in [0.29, 0.717) is 42.8 Å². The summed E-state index contributed by atoms with van der Waals surface area (Å²) < 4.78 is 25.2. The van der Waals surface area contributed by atoms with E-state index >= 15 is 4.39 Å². The van der Waals surface area contributed by atoms with Gasteiger partial charge in [0.15, 0.2) is 5.78 Å². The van der Waals surface area contributed by atoms with Crippen LogP contribution in [-0.4, -0.2) is 48.3 Å². The largest absolute Gasteiger partial charge is 0.481 e. The lowest BCUT2D eigenvalue weighted by atomic mass is 9.73. The number of nitrogens with zero attached hydrogens (tertiary/aromatic N) is 2. The van der Waals surface area contributed by atoms with E-state index in [-0.39, 0.29) is 47.1 Å². The summed E-state index contributed by atoms with van der Waals surface area (Å²) >= 11 is 0. The number of fused-ring (bicyclic) bond motifs is 2. The third kappa shape index (κ3) is 4.51. The van der Waals surface area contributed by atoms with Gasteiger partial charge in [0.05, 0.1) is 25.8 Å². The molecular weight excluding hydrogens is 475 g/mol. The lowest BCUT2D eigenvalue weighted by Crippen LogP contribution is -2.50. The number of carbonyl (C=O) groups is 3. The number of aryl methyl sites for hydroxylation is 1. The first-order chi connectivity index (χ1) is 17.6. The highest BCUT2D eigenvalue weighted by molar-refractivity contribution is 5.93. The minimum absolute atomic E-state index is 0.0139. The highest BCUT2D eigenvalue weighted by atomic mass is 19.1. The summed E-state index contributed by atoms with van der Waals surface area (Å²) in [5.74, 6) is -1.05. The van der Waals surface area contributed by atoms with Crippen LogP contribution in [0.2, 0.25) is 0 Å². The van der Waals surface area contributed by atoms with E-state index < -0.39 is 6.04 Å². The quantitative estimate of drug-likeness (QED) is 0.551. The summed E-state index contributed by atoms with van der Waals surface area (Å²) in [4.78, 5) is 45.4. The van der Waals surface area contributed by atoms with Crippen LogP contribution >= 0.6 is 0 Å². The molecular formula is C29H33FN2O5. The number of Topliss-reactive ketones (excluding diaryl/α,β-unsaturated/α-hetero) is 1. The number of esters is 1. The smallest absolute Gasteiger partial charge is 0.308 e. The Labute approximate surface area is 216 Å². The maximum atomic E-state index is 15.1. The second-order valence-corrected chi connectivity index (χ2v) is 11.1. The van der Waals surface area contributed by atoms with Gasteiger partial charge in [-0.25, -0.2) is 9.37 Å². The van der Waals surface area contributed by atoms with Crippen molar-refractivity contribution in [2.24, 2.45) is 11.8 Å². The zero-order valence-corrected chi connectivity index (χ0v) is 21.8. The van der Waals surface area contributed by atoms with Crippen molar-refractivity contribution in [2.75, 3.05) is 20.8 Å². The number of halogens is 1. The molecule has 0 bridgehead atoms. The van der Waals surface area contributed by atoms with Gasteiger partial charge < -0.3 is 14.4 Å². The number of hydrogen-bond donors (Lipinski definition) is 0. The maximum Gasteiger partial charge on any atom is 0.308 e. The third-order valence-electron chi connectivity index (χ3n) is 8.30. The van der Waals surface area contributed by atoms with Crippen molar-refractivity contribution in [2.45, 2.75) is 63.8 Å². The summed E-state index contributed by atoms with van der Waals surface area (Å²) in [5.41, 5.74) is 3.50. The molecule has 8 heteroatoms. The van der Waals surface area contributed by atoms with Gasteiger partial charge >= 0.3 is 5.97 Å². The Kier molecular flexibility index (Phi) is 6.54. The van der Waals surface area contributed by atoms with Crippen molar-refractivity contribution in [1.29, 1.82) is 0 Å². The first-order valence-corrected chi connectivity index (χ1v) is 12.9. The monoisotopic (exact) mass is 508 g/mol. The van der Waals surface area contributed by atoms with Gasteiger partial charge in [-0.3, -0.25) is 14.4 Å². The standard InChI is InChI=1S/C29H33FN2O5/c1-29(2)9-7-17-11-16(12-21(30)25(17)29)13-23(33)26-20-5-6-24(36-3)31-22(20)8-10-32(26)27(34)18-14-19(15-18)28(35)37-4/h5-6,11-12,18-19,26H,7-10,13-15H2,1-4H3/t18?,19?,26-/m1/s1. The number of benzene rings is 1. The first-order valence-electron chi connectivity index (χ1n) is 12.9. The second-order valence-electron chi connectivity index (χ2n) is 11.1. The molecule has 3 aliphatic rings. The molecule has 0 radical (unpaired) electrons. The Hall–Kier alpha value is -3.29. The number of amides is 1. The van der Waals surface area contributed by atoms with Gasteiger partial charge in [-0.2, -0.15) is 0 Å². The Bertz CT molecular complexity index is 1270. The summed E-state index contributed by atoms with van der Waals surface area (Å²) in [7, 11) is 2.88. The van der Waals surface area contributed by atoms with Gasteiger partial charge in [0.2, 0.25) is 11.8 Å². The first kappa shape index (κ1) is 25.4. The number of rotatable bonds is 6. The summed E-state index contributed by atoms with van der Waals surface area (Å²) in [6, 6.07) is 6.09. The zero-order valence-electron chi connectivity index (χ0n) is 21.8. The Morgan fingerprint density at radius 1 is 1.11 bits per heavy atom. The molecule has 5 rings (SSSR count). The number of methoxy groups -OCH3 is 2. The number of aromatic nitrogens is 1. The van der Waals surface area contributed by atoms with Crippen molar-refractivity contribution in [3.05, 3.63) is 58.0 Å². The Morgan fingerprint density at radius 3 is 2.57 bits per heavy atom. The predicted molar refractivity (Wildman–Crippen MR) is 134 cm³/mol. The van der Waals surface area contributed by atoms with E-state index in [0.717, 1.165) is 29.7 Å². The number of carbonyl (C=O) groups excluding carboxylic acids is 3. The molecule has 37 heavy (non-hydrogen) atoms. The van der Waals surface area contributed by atoms with E-state index in [1.165, 1.54) is 20.3 Å². The highest BCUT2D eigenvalue weighted by Crippen LogP contribution is 2.42. The fraction of sp³-hybridized carbons (Fsp3) is 0.517. The van der Waals surface area contributed by atoms with Crippen LogP contribution in [0.5, 0.6) is 5.88 Å². The Morgan fingerprint density at radius 2 is 1.86 bits per heavy atom. The zero-order chi connectivity index (χ0) is 26.5. The minimum atomic E-state index is -0.820. The van der Waals surface area contributed by atoms with E-state index in [2.05, 4.69) is 4.98 Å². The van der Waals surface area contributed by atoms with Crippen LogP contribution in [-0.2, 0) is 43.8 Å². The molecule has 0 saturated heterocycles. The van der Waals surface area contributed by atoms with Gasteiger partial charge in [-0.1, -0.05) is 19.9 Å². The highest BCUT2D eigenvalue weighted by Gasteiger charge is 2.45. The summed E-state index contributed by atoms with van der Waals surface area (Å²) in [6.45, 7) is 4.43. The van der Waals surface area contributed by atoms with E-state index in [9.17, 15) is 14.4 Å². The van der Waals surface area contributed by atoms with E-state index in [4.69, 9.17) is 9.47 Å². The van der Waals surface area contributed by atoms with Gasteiger partial charge in [0.25, 0.3) is 0 Å². The molecule has 196 valence electrons. The molecule has 0 unspecified atom stereocenters. The average molecular weight is 509 g/mol. The average Bonchev–Trinajstić information content (AvgIpc) is 3.16. The molecule has 1 saturated carbocycles. The van der Waals surface area contributed by atoms with Crippen molar-refractivity contribution < 1.29 is 28.2 Å². The molecule has 1 fully saturated rings. The SMILES string of the molecule is COC(=O)C1CC(C(=O)N2CCc3nc(OC)ccc3[C@@H]2C(=O)Cc2cc(F)c3c(c2)CCC3(C)C)C1. The number of hydrogen-bond acceptors (Lipinski definition) is 6. The number of ketones is 1. The lowest BCUT2D eigenvalue weighted by Gasteiger charge is -2.41. The molecule has 0 spiro atoms. The van der Waals surface area contributed by atoms with Crippen molar-refractivity contribution in [3.63, 3.8) is 0 Å². The number of ether oxygens (including phenoxy) is 2. The van der Waals surface area contributed by atoms with Gasteiger partial charge in [0, 0.05) is 36.9 Å². The van der Waals surface area contributed by atoms with E-state index in [1.807, 2.05) is 19.9 Å². The minimum Gasteiger partial charge on any atom is -0.481 e. The fourth-order valence-corrected chi connectivity index (χ4v) is 6.23. The van der Waals surface area contributed by atoms with Gasteiger partial charge in [-0.05, 0) is 59.9 Å². The van der Waals surface area contributed by atoms with Crippen LogP contribution in [0.3, 0.4) is 0 Å². The molecule has 7 nitrogen and oxygen atoms in total. The van der Waals surface area contributed by atoms with Crippen LogP contribution in [0.1, 0.15) is 67.1 Å². The third-order valence-corrected chi connectivity index (χ3v) is 8.30. The molecule has 2 aromatic rings. The van der Waals surface area contributed by atoms with Crippen molar-refractivity contribution in [1.82, 2.24) is 9.88 Å². The van der Waals surface area contributed by atoms with Crippen LogP contribution in [0.15, 0.2) is 24.3 Å². The normalized spacial score (nSPS) is 23.5. The second kappa shape index (κ2) is 9.54. The lowest BCUT2D eigenvalue weighted by molar-refractivity contribution is -0.156. The number of pyridine rings is 1. The molecule has 1 aromatic heterocycles. The fourth-order valence-electron chi connectivity index (χ4n) is 6.23. The molecule has 1 amide bonds. The van der Waals surface area contributed by atoms with Crippen molar-refractivity contribution >= 4 is 17.7 Å². The summed E-state index contributed by atoms with van der Waals surface area (Å²) in [6.07, 6.45) is 3.00. The van der Waals surface area contributed by atoms with Gasteiger partial charge in [-0.15, -0.1) is 0 Å². The molecule has 1 aromatic carbocycles. The Balaban J connectivity index is 1.43. The summed E-state index contributed by atoms with van der Waals surface area (Å²) in [5, 5.41) is 0. The van der Waals surface area contributed by atoms with Crippen LogP contribution in [0.25, 0.3) is 0 Å². The molecule has 2 heterocycles. The predicted octanol–water partition coefficient (Wildman–Crippen LogP) is 3.89. The van der Waals surface area contributed by atoms with Crippen LogP contribution in [0.4, 0.5) is 4.39 Å². The van der Waals surface area contributed by atoms with Gasteiger partial charge in [0.1, 0.15) is 11.9 Å². The maximum absolute atomic E-state index is 15.1.